The molecular formula is C18H15FN2OS. The quantitative estimate of drug-likeness (QED) is 0.772. The Bertz CT molecular complexity index is 802. The van der Waals surface area contributed by atoms with Gasteiger partial charge in [-0.2, -0.15) is 0 Å². The number of hydrogen-bond donors (Lipinski definition) is 1. The smallest absolute Gasteiger partial charge is 0.251 e. The molecule has 0 radical (unpaired) electrons. The Morgan fingerprint density at radius 2 is 1.96 bits per heavy atom. The van der Waals surface area contributed by atoms with Gasteiger partial charge in [-0.05, 0) is 24.3 Å². The van der Waals surface area contributed by atoms with Crippen molar-refractivity contribution < 1.29 is 9.18 Å². The molecule has 0 atom stereocenters. The van der Waals surface area contributed by atoms with E-state index in [1.807, 2.05) is 29.6 Å². The van der Waals surface area contributed by atoms with Crippen LogP contribution in [0.2, 0.25) is 0 Å². The maximum absolute atomic E-state index is 13.2. The van der Waals surface area contributed by atoms with Crippen LogP contribution < -0.4 is 5.32 Å². The van der Waals surface area contributed by atoms with Gasteiger partial charge in [-0.15, -0.1) is 11.3 Å². The number of hydrogen-bond acceptors (Lipinski definition) is 3. The lowest BCUT2D eigenvalue weighted by atomic mass is 10.2. The maximum Gasteiger partial charge on any atom is 0.251 e. The van der Waals surface area contributed by atoms with Gasteiger partial charge in [0, 0.05) is 29.5 Å². The average Bonchev–Trinajstić information content (AvgIpc) is 3.04. The summed E-state index contributed by atoms with van der Waals surface area (Å²) < 4.78 is 13.2. The van der Waals surface area contributed by atoms with Crippen molar-refractivity contribution in [3.63, 3.8) is 0 Å². The van der Waals surface area contributed by atoms with Crippen molar-refractivity contribution >= 4 is 17.2 Å². The second-order valence-corrected chi connectivity index (χ2v) is 5.88. The number of amides is 1. The molecule has 2 aromatic carbocycles. The minimum atomic E-state index is -0.269. The van der Waals surface area contributed by atoms with Crippen LogP contribution >= 0.6 is 11.3 Å². The van der Waals surface area contributed by atoms with Gasteiger partial charge in [-0.3, -0.25) is 4.79 Å². The van der Waals surface area contributed by atoms with Crippen molar-refractivity contribution in [1.82, 2.24) is 10.3 Å². The number of thiazole rings is 1. The summed E-state index contributed by atoms with van der Waals surface area (Å²) in [6, 6.07) is 15.5. The molecule has 1 N–H and O–H groups in total. The summed E-state index contributed by atoms with van der Waals surface area (Å²) >= 11 is 1.48. The minimum Gasteiger partial charge on any atom is -0.352 e. The third kappa shape index (κ3) is 4.02. The number of carbonyl (C=O) groups excluding carboxylic acids is 1. The standard InChI is InChI=1S/C18H15FN2OS/c19-15-8-4-7-14(11-15)18-21-16(12-23-18)9-10-20-17(22)13-5-2-1-3-6-13/h1-8,11-12H,9-10H2,(H,20,22). The van der Waals surface area contributed by atoms with Gasteiger partial charge >= 0.3 is 0 Å². The van der Waals surface area contributed by atoms with Crippen molar-refractivity contribution in [2.75, 3.05) is 6.54 Å². The van der Waals surface area contributed by atoms with Crippen LogP contribution in [0.1, 0.15) is 16.1 Å². The van der Waals surface area contributed by atoms with Gasteiger partial charge in [0.05, 0.1) is 5.69 Å². The summed E-state index contributed by atoms with van der Waals surface area (Å²) in [7, 11) is 0. The fourth-order valence-electron chi connectivity index (χ4n) is 2.17. The van der Waals surface area contributed by atoms with E-state index in [-0.39, 0.29) is 11.7 Å². The SMILES string of the molecule is O=C(NCCc1csc(-c2cccc(F)c2)n1)c1ccccc1. The summed E-state index contributed by atoms with van der Waals surface area (Å²) in [5.41, 5.74) is 2.31. The fraction of sp³-hybridized carbons (Fsp3) is 0.111. The molecule has 3 aromatic rings. The predicted octanol–water partition coefficient (Wildman–Crippen LogP) is 3.92. The molecule has 3 rings (SSSR count). The number of nitrogens with zero attached hydrogens (tertiary/aromatic N) is 1. The molecule has 0 bridgehead atoms. The van der Waals surface area contributed by atoms with E-state index in [1.54, 1.807) is 18.2 Å². The summed E-state index contributed by atoms with van der Waals surface area (Å²) in [6.45, 7) is 0.514. The molecule has 0 fully saturated rings. The molecule has 0 aliphatic heterocycles. The summed E-state index contributed by atoms with van der Waals surface area (Å²) in [6.07, 6.45) is 0.643. The first-order chi connectivity index (χ1) is 11.2. The Hall–Kier alpha value is -2.53. The molecule has 116 valence electrons. The zero-order valence-electron chi connectivity index (χ0n) is 12.3. The van der Waals surface area contributed by atoms with Gasteiger partial charge < -0.3 is 5.32 Å². The Balaban J connectivity index is 1.57. The number of carbonyl (C=O) groups is 1. The van der Waals surface area contributed by atoms with E-state index in [9.17, 15) is 9.18 Å². The van der Waals surface area contributed by atoms with Crippen LogP contribution in [0.3, 0.4) is 0 Å². The van der Waals surface area contributed by atoms with E-state index in [0.717, 1.165) is 16.3 Å². The maximum atomic E-state index is 13.2. The molecule has 0 saturated heterocycles. The Morgan fingerprint density at radius 3 is 2.74 bits per heavy atom. The van der Waals surface area contributed by atoms with Crippen molar-refractivity contribution in [2.24, 2.45) is 0 Å². The topological polar surface area (TPSA) is 42.0 Å². The lowest BCUT2D eigenvalue weighted by molar-refractivity contribution is 0.0954. The lowest BCUT2D eigenvalue weighted by Gasteiger charge is -2.03. The van der Waals surface area contributed by atoms with Gasteiger partial charge in [0.1, 0.15) is 10.8 Å². The van der Waals surface area contributed by atoms with Crippen LogP contribution in [0.15, 0.2) is 60.0 Å². The van der Waals surface area contributed by atoms with E-state index in [1.165, 1.54) is 23.5 Å². The minimum absolute atomic E-state index is 0.0915. The highest BCUT2D eigenvalue weighted by Gasteiger charge is 2.07. The monoisotopic (exact) mass is 326 g/mol. The number of halogens is 1. The van der Waals surface area contributed by atoms with Gasteiger partial charge in [-0.25, -0.2) is 9.37 Å². The molecule has 1 heterocycles. The molecule has 0 spiro atoms. The number of aromatic nitrogens is 1. The van der Waals surface area contributed by atoms with Crippen molar-refractivity contribution in [1.29, 1.82) is 0 Å². The normalized spacial score (nSPS) is 10.5. The van der Waals surface area contributed by atoms with E-state index >= 15 is 0 Å². The highest BCUT2D eigenvalue weighted by atomic mass is 32.1. The third-order valence-electron chi connectivity index (χ3n) is 3.33. The molecule has 1 amide bonds. The van der Waals surface area contributed by atoms with Crippen LogP contribution in [0.25, 0.3) is 10.6 Å². The zero-order valence-corrected chi connectivity index (χ0v) is 13.1. The molecule has 0 saturated carbocycles. The molecular weight excluding hydrogens is 311 g/mol. The summed E-state index contributed by atoms with van der Waals surface area (Å²) in [5.74, 6) is -0.361. The molecule has 1 aromatic heterocycles. The van der Waals surface area contributed by atoms with Crippen LogP contribution in [-0.2, 0) is 6.42 Å². The van der Waals surface area contributed by atoms with Crippen LogP contribution in [0.5, 0.6) is 0 Å². The van der Waals surface area contributed by atoms with Crippen molar-refractivity contribution in [3.8, 4) is 10.6 Å². The van der Waals surface area contributed by atoms with Gasteiger partial charge in [0.15, 0.2) is 0 Å². The van der Waals surface area contributed by atoms with Crippen LogP contribution in [0.4, 0.5) is 4.39 Å². The molecule has 0 unspecified atom stereocenters. The molecule has 5 heteroatoms. The number of rotatable bonds is 5. The first-order valence-corrected chi connectivity index (χ1v) is 8.14. The van der Waals surface area contributed by atoms with Gasteiger partial charge in [0.2, 0.25) is 0 Å². The van der Waals surface area contributed by atoms with Crippen LogP contribution in [-0.4, -0.2) is 17.4 Å². The summed E-state index contributed by atoms with van der Waals surface area (Å²) in [4.78, 5) is 16.4. The van der Waals surface area contributed by atoms with Crippen molar-refractivity contribution in [2.45, 2.75) is 6.42 Å². The highest BCUT2D eigenvalue weighted by molar-refractivity contribution is 7.13. The Labute approximate surface area is 137 Å². The van der Waals surface area contributed by atoms with Gasteiger partial charge in [-0.1, -0.05) is 30.3 Å². The second kappa shape index (κ2) is 7.15. The number of nitrogens with one attached hydrogen (secondary N) is 1. The lowest BCUT2D eigenvalue weighted by Crippen LogP contribution is -2.25. The van der Waals surface area contributed by atoms with E-state index in [2.05, 4.69) is 10.3 Å². The summed E-state index contributed by atoms with van der Waals surface area (Å²) in [5, 5.41) is 5.60. The molecule has 23 heavy (non-hydrogen) atoms. The molecule has 0 aliphatic carbocycles. The first kappa shape index (κ1) is 15.4. The van der Waals surface area contributed by atoms with E-state index in [4.69, 9.17) is 0 Å². The molecule has 3 nitrogen and oxygen atoms in total. The third-order valence-corrected chi connectivity index (χ3v) is 4.27. The van der Waals surface area contributed by atoms with Crippen LogP contribution in [0, 0.1) is 5.82 Å². The van der Waals surface area contributed by atoms with E-state index < -0.39 is 0 Å². The first-order valence-electron chi connectivity index (χ1n) is 7.26. The predicted molar refractivity (Wildman–Crippen MR) is 90.0 cm³/mol. The largest absolute Gasteiger partial charge is 0.352 e. The van der Waals surface area contributed by atoms with E-state index in [0.29, 0.717) is 18.5 Å². The molecule has 0 aliphatic rings. The Morgan fingerprint density at radius 1 is 1.13 bits per heavy atom. The van der Waals surface area contributed by atoms with Crippen molar-refractivity contribution in [3.05, 3.63) is 77.1 Å². The zero-order chi connectivity index (χ0) is 16.1. The second-order valence-electron chi connectivity index (χ2n) is 5.03. The number of benzene rings is 2. The average molecular weight is 326 g/mol. The van der Waals surface area contributed by atoms with Gasteiger partial charge in [0.25, 0.3) is 5.91 Å². The Kier molecular flexibility index (Phi) is 4.78. The highest BCUT2D eigenvalue weighted by Crippen LogP contribution is 2.24. The fourth-order valence-corrected chi connectivity index (χ4v) is 3.02.